The summed E-state index contributed by atoms with van der Waals surface area (Å²) in [6.45, 7) is 4.04. The molecular formula is C13H17BrFN. The minimum atomic E-state index is -0.0636. The Morgan fingerprint density at radius 1 is 1.50 bits per heavy atom. The van der Waals surface area contributed by atoms with Crippen molar-refractivity contribution in [2.45, 2.75) is 26.2 Å². The summed E-state index contributed by atoms with van der Waals surface area (Å²) in [4.78, 5) is 0. The van der Waals surface area contributed by atoms with E-state index < -0.39 is 0 Å². The van der Waals surface area contributed by atoms with Crippen molar-refractivity contribution in [3.63, 3.8) is 0 Å². The van der Waals surface area contributed by atoms with Gasteiger partial charge in [-0.25, -0.2) is 4.39 Å². The summed E-state index contributed by atoms with van der Waals surface area (Å²) in [6, 6.07) is 3.55. The maximum Gasteiger partial charge on any atom is 0.126 e. The molecule has 3 heteroatoms. The minimum Gasteiger partial charge on any atom is -0.316 e. The van der Waals surface area contributed by atoms with E-state index in [2.05, 4.69) is 21.2 Å². The normalized spacial score (nSPS) is 21.1. The fraction of sp³-hybridized carbons (Fsp3) is 0.538. The van der Waals surface area contributed by atoms with E-state index >= 15 is 0 Å². The van der Waals surface area contributed by atoms with Gasteiger partial charge in [-0.05, 0) is 68.5 Å². The largest absolute Gasteiger partial charge is 0.316 e. The molecule has 1 nitrogen and oxygen atoms in total. The molecule has 2 rings (SSSR count). The van der Waals surface area contributed by atoms with E-state index in [1.165, 1.54) is 12.8 Å². The van der Waals surface area contributed by atoms with Crippen LogP contribution in [-0.2, 0) is 6.42 Å². The Balaban J connectivity index is 2.11. The molecule has 1 aliphatic rings. The van der Waals surface area contributed by atoms with Crippen LogP contribution in [0.4, 0.5) is 4.39 Å². The lowest BCUT2D eigenvalue weighted by atomic mass is 9.92. The molecule has 0 bridgehead atoms. The van der Waals surface area contributed by atoms with E-state index in [-0.39, 0.29) is 5.82 Å². The van der Waals surface area contributed by atoms with Gasteiger partial charge in [0.1, 0.15) is 5.82 Å². The monoisotopic (exact) mass is 285 g/mol. The van der Waals surface area contributed by atoms with E-state index in [4.69, 9.17) is 0 Å². The third kappa shape index (κ3) is 2.83. The quantitative estimate of drug-likeness (QED) is 0.878. The van der Waals surface area contributed by atoms with Crippen LogP contribution < -0.4 is 5.32 Å². The second-order valence-corrected chi connectivity index (χ2v) is 5.46. The van der Waals surface area contributed by atoms with Gasteiger partial charge >= 0.3 is 0 Å². The molecule has 0 aliphatic carbocycles. The summed E-state index contributed by atoms with van der Waals surface area (Å²) in [5.41, 5.74) is 1.80. The SMILES string of the molecule is Cc1cc(F)c(CC2CCCNC2)cc1Br. The van der Waals surface area contributed by atoms with Crippen LogP contribution >= 0.6 is 15.9 Å². The van der Waals surface area contributed by atoms with Crippen LogP contribution in [0.5, 0.6) is 0 Å². The predicted octanol–water partition coefficient (Wildman–Crippen LogP) is 3.44. The number of benzene rings is 1. The first-order chi connectivity index (χ1) is 7.66. The molecule has 0 spiro atoms. The summed E-state index contributed by atoms with van der Waals surface area (Å²) < 4.78 is 14.8. The highest BCUT2D eigenvalue weighted by atomic mass is 79.9. The second-order valence-electron chi connectivity index (χ2n) is 4.61. The van der Waals surface area contributed by atoms with Crippen LogP contribution in [0.15, 0.2) is 16.6 Å². The van der Waals surface area contributed by atoms with Gasteiger partial charge in [0.2, 0.25) is 0 Å². The van der Waals surface area contributed by atoms with Crippen LogP contribution in [0.3, 0.4) is 0 Å². The molecule has 1 aliphatic heterocycles. The van der Waals surface area contributed by atoms with Gasteiger partial charge in [-0.1, -0.05) is 15.9 Å². The standard InChI is InChI=1S/C13H17BrFN/c1-9-5-13(15)11(7-12(9)14)6-10-3-2-4-16-8-10/h5,7,10,16H,2-4,6,8H2,1H3. The molecule has 0 radical (unpaired) electrons. The summed E-state index contributed by atoms with van der Waals surface area (Å²) in [7, 11) is 0. The molecule has 1 aromatic rings. The Bertz CT molecular complexity index is 372. The van der Waals surface area contributed by atoms with Crippen molar-refractivity contribution >= 4 is 15.9 Å². The average molecular weight is 286 g/mol. The Morgan fingerprint density at radius 2 is 2.31 bits per heavy atom. The van der Waals surface area contributed by atoms with Gasteiger partial charge in [0, 0.05) is 4.47 Å². The molecule has 1 heterocycles. The van der Waals surface area contributed by atoms with Crippen molar-refractivity contribution in [2.75, 3.05) is 13.1 Å². The zero-order valence-electron chi connectivity index (χ0n) is 9.52. The molecule has 1 atom stereocenters. The number of nitrogens with one attached hydrogen (secondary N) is 1. The molecule has 0 saturated carbocycles. The van der Waals surface area contributed by atoms with E-state index in [0.29, 0.717) is 5.92 Å². The summed E-state index contributed by atoms with van der Waals surface area (Å²) >= 11 is 3.46. The first kappa shape index (κ1) is 12.1. The van der Waals surface area contributed by atoms with Gasteiger partial charge in [-0.15, -0.1) is 0 Å². The third-order valence-corrected chi connectivity index (χ3v) is 4.09. The number of halogens is 2. The lowest BCUT2D eigenvalue weighted by Crippen LogP contribution is -2.31. The van der Waals surface area contributed by atoms with Gasteiger partial charge < -0.3 is 5.32 Å². The lowest BCUT2D eigenvalue weighted by Gasteiger charge is -2.23. The molecule has 1 unspecified atom stereocenters. The van der Waals surface area contributed by atoms with Gasteiger partial charge in [-0.2, -0.15) is 0 Å². The third-order valence-electron chi connectivity index (χ3n) is 3.24. The molecule has 1 fully saturated rings. The summed E-state index contributed by atoms with van der Waals surface area (Å²) in [6.07, 6.45) is 3.26. The molecule has 16 heavy (non-hydrogen) atoms. The van der Waals surface area contributed by atoms with Gasteiger partial charge in [0.25, 0.3) is 0 Å². The predicted molar refractivity (Wildman–Crippen MR) is 68.1 cm³/mol. The lowest BCUT2D eigenvalue weighted by molar-refractivity contribution is 0.372. The topological polar surface area (TPSA) is 12.0 Å². The molecule has 0 aromatic heterocycles. The smallest absolute Gasteiger partial charge is 0.126 e. The van der Waals surface area contributed by atoms with Crippen molar-refractivity contribution in [3.05, 3.63) is 33.5 Å². The Kier molecular flexibility index (Phi) is 3.98. The van der Waals surface area contributed by atoms with Gasteiger partial charge in [0.15, 0.2) is 0 Å². The van der Waals surface area contributed by atoms with Crippen molar-refractivity contribution in [1.29, 1.82) is 0 Å². The Hall–Kier alpha value is -0.410. The fourth-order valence-electron chi connectivity index (χ4n) is 2.25. The van der Waals surface area contributed by atoms with E-state index in [0.717, 1.165) is 35.1 Å². The van der Waals surface area contributed by atoms with Crippen molar-refractivity contribution in [1.82, 2.24) is 5.32 Å². The summed E-state index contributed by atoms with van der Waals surface area (Å²) in [5.74, 6) is 0.518. The van der Waals surface area contributed by atoms with Crippen molar-refractivity contribution in [2.24, 2.45) is 5.92 Å². The van der Waals surface area contributed by atoms with Crippen LogP contribution in [0.25, 0.3) is 0 Å². The highest BCUT2D eigenvalue weighted by molar-refractivity contribution is 9.10. The first-order valence-corrected chi connectivity index (χ1v) is 6.61. The Labute approximate surface area is 105 Å². The number of hydrogen-bond acceptors (Lipinski definition) is 1. The van der Waals surface area contributed by atoms with Crippen LogP contribution in [0.2, 0.25) is 0 Å². The van der Waals surface area contributed by atoms with E-state index in [1.807, 2.05) is 13.0 Å². The van der Waals surface area contributed by atoms with Crippen molar-refractivity contribution < 1.29 is 4.39 Å². The highest BCUT2D eigenvalue weighted by Crippen LogP contribution is 2.24. The summed E-state index contributed by atoms with van der Waals surface area (Å²) in [5, 5.41) is 3.37. The highest BCUT2D eigenvalue weighted by Gasteiger charge is 2.16. The van der Waals surface area contributed by atoms with Gasteiger partial charge in [0.05, 0.1) is 0 Å². The van der Waals surface area contributed by atoms with E-state index in [1.54, 1.807) is 6.07 Å². The molecule has 0 amide bonds. The number of piperidine rings is 1. The molecule has 1 aromatic carbocycles. The van der Waals surface area contributed by atoms with Gasteiger partial charge in [-0.3, -0.25) is 0 Å². The number of hydrogen-bond donors (Lipinski definition) is 1. The number of rotatable bonds is 2. The maximum absolute atomic E-state index is 13.7. The van der Waals surface area contributed by atoms with Crippen molar-refractivity contribution in [3.8, 4) is 0 Å². The maximum atomic E-state index is 13.7. The minimum absolute atomic E-state index is 0.0636. The molecular weight excluding hydrogens is 269 g/mol. The molecule has 1 N–H and O–H groups in total. The Morgan fingerprint density at radius 3 is 3.00 bits per heavy atom. The fourth-order valence-corrected chi connectivity index (χ4v) is 2.64. The first-order valence-electron chi connectivity index (χ1n) is 5.82. The van der Waals surface area contributed by atoms with E-state index in [9.17, 15) is 4.39 Å². The zero-order chi connectivity index (χ0) is 11.5. The molecule has 88 valence electrons. The van der Waals surface area contributed by atoms with Crippen LogP contribution in [0.1, 0.15) is 24.0 Å². The average Bonchev–Trinajstić information content (AvgIpc) is 2.27. The zero-order valence-corrected chi connectivity index (χ0v) is 11.1. The van der Waals surface area contributed by atoms with Crippen LogP contribution in [0, 0.1) is 18.7 Å². The molecule has 1 saturated heterocycles. The second kappa shape index (κ2) is 5.28. The number of aryl methyl sites for hydroxylation is 1. The van der Waals surface area contributed by atoms with Crippen LogP contribution in [-0.4, -0.2) is 13.1 Å².